The van der Waals surface area contributed by atoms with Gasteiger partial charge in [-0.25, -0.2) is 0 Å². The third-order valence-corrected chi connectivity index (χ3v) is 4.86. The molecule has 5 heteroatoms. The minimum Gasteiger partial charge on any atom is -0.324 e. The minimum absolute atomic E-state index is 0.0508. The average Bonchev–Trinajstić information content (AvgIpc) is 2.70. The molecular formula is C16H17Cl3N2. The highest BCUT2D eigenvalue weighted by Crippen LogP contribution is 2.42. The van der Waals surface area contributed by atoms with Gasteiger partial charge in [0.05, 0.1) is 15.7 Å². The molecule has 2 N–H and O–H groups in total. The Kier molecular flexibility index (Phi) is 3.77. The van der Waals surface area contributed by atoms with E-state index in [1.54, 1.807) is 12.1 Å². The van der Waals surface area contributed by atoms with Crippen LogP contribution in [0.2, 0.25) is 15.1 Å². The second-order valence-corrected chi connectivity index (χ2v) is 7.71. The van der Waals surface area contributed by atoms with E-state index in [0.717, 1.165) is 18.5 Å². The van der Waals surface area contributed by atoms with Crippen molar-refractivity contribution in [2.45, 2.75) is 32.7 Å². The Morgan fingerprint density at radius 1 is 1.19 bits per heavy atom. The third-order valence-electron chi connectivity index (χ3n) is 4.07. The predicted molar refractivity (Wildman–Crippen MR) is 89.8 cm³/mol. The Hall–Kier alpha value is -0.670. The number of benzene rings is 1. The first-order valence-electron chi connectivity index (χ1n) is 6.89. The molecule has 3 rings (SSSR count). The molecule has 1 aromatic carbocycles. The number of aromatic nitrogens is 1. The highest BCUT2D eigenvalue weighted by Gasteiger charge is 2.33. The maximum Gasteiger partial charge on any atom is 0.0829 e. The Morgan fingerprint density at radius 2 is 1.81 bits per heavy atom. The van der Waals surface area contributed by atoms with Crippen molar-refractivity contribution in [2.24, 2.45) is 11.1 Å². The maximum absolute atomic E-state index is 6.36. The van der Waals surface area contributed by atoms with E-state index < -0.39 is 0 Å². The molecule has 0 amide bonds. The van der Waals surface area contributed by atoms with Crippen LogP contribution in [-0.4, -0.2) is 4.57 Å². The Morgan fingerprint density at radius 3 is 2.43 bits per heavy atom. The maximum atomic E-state index is 6.36. The molecule has 0 spiro atoms. The van der Waals surface area contributed by atoms with Gasteiger partial charge in [0.1, 0.15) is 0 Å². The topological polar surface area (TPSA) is 30.9 Å². The molecule has 1 aromatic heterocycles. The Bertz CT molecular complexity index is 681. The molecule has 0 radical (unpaired) electrons. The molecule has 1 aliphatic rings. The number of nitrogens with two attached hydrogens (primary N) is 1. The molecule has 1 unspecified atom stereocenters. The summed E-state index contributed by atoms with van der Waals surface area (Å²) in [5.74, 6) is 0. The molecule has 21 heavy (non-hydrogen) atoms. The number of hydrogen-bond donors (Lipinski definition) is 1. The van der Waals surface area contributed by atoms with Gasteiger partial charge in [0, 0.05) is 23.0 Å². The SMILES string of the molecule is CC1(C)Cc2c(ccn2-c2c(Cl)cc(Cl)cc2Cl)C(N)C1. The van der Waals surface area contributed by atoms with E-state index in [2.05, 4.69) is 24.5 Å². The summed E-state index contributed by atoms with van der Waals surface area (Å²) < 4.78 is 2.05. The van der Waals surface area contributed by atoms with E-state index in [0.29, 0.717) is 15.1 Å². The Labute approximate surface area is 139 Å². The van der Waals surface area contributed by atoms with Crippen molar-refractivity contribution in [2.75, 3.05) is 0 Å². The predicted octanol–water partition coefficient (Wildman–Crippen LogP) is 5.41. The zero-order chi connectivity index (χ0) is 15.4. The summed E-state index contributed by atoms with van der Waals surface area (Å²) in [5, 5.41) is 1.62. The number of hydrogen-bond acceptors (Lipinski definition) is 1. The lowest BCUT2D eigenvalue weighted by Crippen LogP contribution is -2.30. The second-order valence-electron chi connectivity index (χ2n) is 6.46. The number of halogens is 3. The molecule has 1 heterocycles. The van der Waals surface area contributed by atoms with Gasteiger partial charge in [-0.15, -0.1) is 0 Å². The van der Waals surface area contributed by atoms with Crippen molar-refractivity contribution in [1.29, 1.82) is 0 Å². The van der Waals surface area contributed by atoms with Gasteiger partial charge >= 0.3 is 0 Å². The number of rotatable bonds is 1. The van der Waals surface area contributed by atoms with Crippen molar-refractivity contribution in [3.63, 3.8) is 0 Å². The fourth-order valence-electron chi connectivity index (χ4n) is 3.21. The largest absolute Gasteiger partial charge is 0.324 e. The monoisotopic (exact) mass is 342 g/mol. The average molecular weight is 344 g/mol. The zero-order valence-corrected chi connectivity index (χ0v) is 14.2. The van der Waals surface area contributed by atoms with Gasteiger partial charge in [-0.1, -0.05) is 48.7 Å². The van der Waals surface area contributed by atoms with Crippen LogP contribution in [0.1, 0.15) is 37.6 Å². The number of nitrogens with zero attached hydrogens (tertiary/aromatic N) is 1. The van der Waals surface area contributed by atoms with E-state index in [9.17, 15) is 0 Å². The van der Waals surface area contributed by atoms with Gasteiger partial charge in [0.15, 0.2) is 0 Å². The van der Waals surface area contributed by atoms with Gasteiger partial charge in [0.2, 0.25) is 0 Å². The summed E-state index contributed by atoms with van der Waals surface area (Å²) in [5.41, 5.74) is 9.61. The van der Waals surface area contributed by atoms with Crippen LogP contribution in [0.5, 0.6) is 0 Å². The fourth-order valence-corrected chi connectivity index (χ4v) is 4.21. The van der Waals surface area contributed by atoms with Crippen LogP contribution in [0.3, 0.4) is 0 Å². The summed E-state index contributed by atoms with van der Waals surface area (Å²) in [7, 11) is 0. The Balaban J connectivity index is 2.19. The van der Waals surface area contributed by atoms with Crippen molar-refractivity contribution < 1.29 is 0 Å². The first-order valence-corrected chi connectivity index (χ1v) is 8.02. The van der Waals surface area contributed by atoms with Crippen LogP contribution in [0, 0.1) is 5.41 Å². The highest BCUT2D eigenvalue weighted by molar-refractivity contribution is 6.40. The van der Waals surface area contributed by atoms with E-state index in [4.69, 9.17) is 40.5 Å². The highest BCUT2D eigenvalue weighted by atomic mass is 35.5. The van der Waals surface area contributed by atoms with E-state index in [1.807, 2.05) is 6.20 Å². The quantitative estimate of drug-likeness (QED) is 0.737. The van der Waals surface area contributed by atoms with Crippen LogP contribution >= 0.6 is 34.8 Å². The van der Waals surface area contributed by atoms with Crippen LogP contribution in [0.15, 0.2) is 24.4 Å². The van der Waals surface area contributed by atoms with E-state index in [1.165, 1.54) is 11.3 Å². The van der Waals surface area contributed by atoms with Gasteiger partial charge < -0.3 is 10.3 Å². The van der Waals surface area contributed by atoms with E-state index >= 15 is 0 Å². The second kappa shape index (κ2) is 5.20. The first-order chi connectivity index (χ1) is 9.78. The normalized spacial score (nSPS) is 20.4. The summed E-state index contributed by atoms with van der Waals surface area (Å²) in [6, 6.07) is 5.54. The molecule has 0 fully saturated rings. The zero-order valence-electron chi connectivity index (χ0n) is 12.0. The van der Waals surface area contributed by atoms with Crippen molar-refractivity contribution in [3.05, 3.63) is 50.7 Å². The summed E-state index contributed by atoms with van der Waals surface area (Å²) in [6.45, 7) is 4.47. The molecule has 112 valence electrons. The lowest BCUT2D eigenvalue weighted by molar-refractivity contribution is 0.278. The smallest absolute Gasteiger partial charge is 0.0829 e. The van der Waals surface area contributed by atoms with Gasteiger partial charge in [-0.05, 0) is 42.0 Å². The van der Waals surface area contributed by atoms with Gasteiger partial charge in [0.25, 0.3) is 0 Å². The molecule has 2 aromatic rings. The lowest BCUT2D eigenvalue weighted by atomic mass is 9.74. The summed E-state index contributed by atoms with van der Waals surface area (Å²) in [6.07, 6.45) is 3.91. The van der Waals surface area contributed by atoms with Gasteiger partial charge in [-0.2, -0.15) is 0 Å². The van der Waals surface area contributed by atoms with Crippen molar-refractivity contribution in [1.82, 2.24) is 4.57 Å². The van der Waals surface area contributed by atoms with Crippen molar-refractivity contribution in [3.8, 4) is 5.69 Å². The number of fused-ring (bicyclic) bond motifs is 1. The molecule has 1 atom stereocenters. The molecule has 0 saturated carbocycles. The molecule has 0 saturated heterocycles. The third kappa shape index (κ3) is 2.70. The fraction of sp³-hybridized carbons (Fsp3) is 0.375. The van der Waals surface area contributed by atoms with Crippen LogP contribution in [-0.2, 0) is 6.42 Å². The lowest BCUT2D eigenvalue weighted by Gasteiger charge is -2.34. The standard InChI is InChI=1S/C16H17Cl3N2/c1-16(2)7-13(20)10-3-4-21(14(10)8-16)15-11(18)5-9(17)6-12(15)19/h3-6,13H,7-8,20H2,1-2H3. The molecule has 0 bridgehead atoms. The minimum atomic E-state index is 0.0508. The molecule has 0 aliphatic heterocycles. The molecule has 2 nitrogen and oxygen atoms in total. The van der Waals surface area contributed by atoms with E-state index in [-0.39, 0.29) is 11.5 Å². The van der Waals surface area contributed by atoms with Crippen molar-refractivity contribution >= 4 is 34.8 Å². The van der Waals surface area contributed by atoms with Crippen LogP contribution in [0.4, 0.5) is 0 Å². The summed E-state index contributed by atoms with van der Waals surface area (Å²) in [4.78, 5) is 0. The van der Waals surface area contributed by atoms with Gasteiger partial charge in [-0.3, -0.25) is 0 Å². The van der Waals surface area contributed by atoms with Crippen LogP contribution < -0.4 is 5.73 Å². The van der Waals surface area contributed by atoms with Crippen LogP contribution in [0.25, 0.3) is 5.69 Å². The summed E-state index contributed by atoms with van der Waals surface area (Å²) >= 11 is 18.7. The molecular weight excluding hydrogens is 327 g/mol. The first kappa shape index (κ1) is 15.2. The molecule has 1 aliphatic carbocycles.